The molecule has 3 rings (SSSR count). The number of aromatic nitrogens is 2. The topological polar surface area (TPSA) is 41.3 Å². The Morgan fingerprint density at radius 1 is 1.05 bits per heavy atom. The lowest BCUT2D eigenvalue weighted by atomic mass is 10.1. The molecule has 108 valence electrons. The van der Waals surface area contributed by atoms with Crippen molar-refractivity contribution >= 4 is 16.7 Å². The van der Waals surface area contributed by atoms with Gasteiger partial charge in [-0.3, -0.25) is 0 Å². The van der Waals surface area contributed by atoms with Crippen LogP contribution < -0.4 is 4.90 Å². The van der Waals surface area contributed by atoms with Gasteiger partial charge in [0.05, 0.1) is 11.0 Å². The summed E-state index contributed by atoms with van der Waals surface area (Å²) in [4.78, 5) is 6.58. The fourth-order valence-corrected chi connectivity index (χ4v) is 2.51. The van der Waals surface area contributed by atoms with Gasteiger partial charge in [-0.15, -0.1) is 0 Å². The fraction of sp³-hybridized carbons (Fsp3) is 0.235. The number of hydrogen-bond acceptors (Lipinski definition) is 3. The fourth-order valence-electron chi connectivity index (χ4n) is 2.51. The standard InChI is InChI=1S/C17H19N3O/c1-19(2)13-10-8-12(9-11-13)16(21)17-18-14-6-4-5-7-15(14)20(17)3/h4-11,16,21H,1-3H3/t16-/m1/s1. The lowest BCUT2D eigenvalue weighted by Crippen LogP contribution is -2.10. The number of fused-ring (bicyclic) bond motifs is 1. The zero-order valence-corrected chi connectivity index (χ0v) is 12.5. The van der Waals surface area contributed by atoms with E-state index in [2.05, 4.69) is 4.98 Å². The first kappa shape index (κ1) is 13.6. The number of rotatable bonds is 3. The first-order valence-corrected chi connectivity index (χ1v) is 6.94. The van der Waals surface area contributed by atoms with Gasteiger partial charge in [0.15, 0.2) is 0 Å². The quantitative estimate of drug-likeness (QED) is 0.802. The lowest BCUT2D eigenvalue weighted by Gasteiger charge is -2.15. The molecule has 4 heteroatoms. The number of aliphatic hydroxyl groups is 1. The summed E-state index contributed by atoms with van der Waals surface area (Å²) in [5.41, 5.74) is 3.88. The Morgan fingerprint density at radius 2 is 1.71 bits per heavy atom. The minimum atomic E-state index is -0.724. The average molecular weight is 281 g/mol. The summed E-state index contributed by atoms with van der Waals surface area (Å²) in [5, 5.41) is 10.6. The molecule has 1 aromatic heterocycles. The maximum atomic E-state index is 10.6. The van der Waals surface area contributed by atoms with Crippen molar-refractivity contribution in [3.8, 4) is 0 Å². The molecule has 0 bridgehead atoms. The molecule has 0 aliphatic heterocycles. The molecule has 1 atom stereocenters. The number of nitrogens with zero attached hydrogens (tertiary/aromatic N) is 3. The van der Waals surface area contributed by atoms with Gasteiger partial charge in [0.1, 0.15) is 11.9 Å². The number of para-hydroxylation sites is 2. The Labute approximate surface area is 124 Å². The first-order chi connectivity index (χ1) is 10.1. The van der Waals surface area contributed by atoms with Crippen molar-refractivity contribution in [2.45, 2.75) is 6.10 Å². The largest absolute Gasteiger partial charge is 0.380 e. The van der Waals surface area contributed by atoms with Crippen LogP contribution in [0, 0.1) is 0 Å². The molecular formula is C17H19N3O. The lowest BCUT2D eigenvalue weighted by molar-refractivity contribution is 0.207. The number of aryl methyl sites for hydroxylation is 1. The number of imidazole rings is 1. The van der Waals surface area contributed by atoms with Crippen molar-refractivity contribution in [3.63, 3.8) is 0 Å². The van der Waals surface area contributed by atoms with Gasteiger partial charge in [0, 0.05) is 26.8 Å². The van der Waals surface area contributed by atoms with Crippen LogP contribution in [-0.4, -0.2) is 28.8 Å². The summed E-state index contributed by atoms with van der Waals surface area (Å²) in [7, 11) is 5.93. The Hall–Kier alpha value is -2.33. The Balaban J connectivity index is 1.99. The maximum Gasteiger partial charge on any atom is 0.143 e. The third-order valence-electron chi connectivity index (χ3n) is 3.79. The number of hydrogen-bond donors (Lipinski definition) is 1. The van der Waals surface area contributed by atoms with E-state index in [1.165, 1.54) is 0 Å². The third-order valence-corrected chi connectivity index (χ3v) is 3.79. The van der Waals surface area contributed by atoms with E-state index in [0.717, 1.165) is 22.3 Å². The zero-order valence-electron chi connectivity index (χ0n) is 12.5. The van der Waals surface area contributed by atoms with E-state index in [0.29, 0.717) is 5.82 Å². The highest BCUT2D eigenvalue weighted by Crippen LogP contribution is 2.26. The van der Waals surface area contributed by atoms with E-state index >= 15 is 0 Å². The van der Waals surface area contributed by atoms with E-state index in [9.17, 15) is 5.11 Å². The Kier molecular flexibility index (Phi) is 3.39. The van der Waals surface area contributed by atoms with Crippen LogP contribution >= 0.6 is 0 Å². The average Bonchev–Trinajstić information content (AvgIpc) is 2.84. The van der Waals surface area contributed by atoms with Crippen LogP contribution in [0.15, 0.2) is 48.5 Å². The van der Waals surface area contributed by atoms with E-state index < -0.39 is 6.10 Å². The van der Waals surface area contributed by atoms with Crippen LogP contribution in [0.4, 0.5) is 5.69 Å². The minimum absolute atomic E-state index is 0.661. The molecule has 0 saturated heterocycles. The van der Waals surface area contributed by atoms with Crippen LogP contribution in [0.3, 0.4) is 0 Å². The van der Waals surface area contributed by atoms with Gasteiger partial charge in [0.2, 0.25) is 0 Å². The monoisotopic (exact) mass is 281 g/mol. The van der Waals surface area contributed by atoms with Crippen molar-refractivity contribution < 1.29 is 5.11 Å². The second-order valence-corrected chi connectivity index (χ2v) is 5.41. The van der Waals surface area contributed by atoms with Crippen molar-refractivity contribution in [2.24, 2.45) is 7.05 Å². The Morgan fingerprint density at radius 3 is 2.33 bits per heavy atom. The molecule has 0 unspecified atom stereocenters. The highest BCUT2D eigenvalue weighted by atomic mass is 16.3. The second kappa shape index (κ2) is 5.22. The van der Waals surface area contributed by atoms with Crippen LogP contribution in [0.5, 0.6) is 0 Å². The van der Waals surface area contributed by atoms with Crippen molar-refractivity contribution in [3.05, 3.63) is 59.9 Å². The van der Waals surface area contributed by atoms with Gasteiger partial charge >= 0.3 is 0 Å². The summed E-state index contributed by atoms with van der Waals surface area (Å²) in [5.74, 6) is 0.661. The SMILES string of the molecule is CN(C)c1ccc([C@@H](O)c2nc3ccccc3n2C)cc1. The van der Waals surface area contributed by atoms with E-state index in [4.69, 9.17) is 0 Å². The number of anilines is 1. The normalized spacial score (nSPS) is 12.6. The minimum Gasteiger partial charge on any atom is -0.380 e. The summed E-state index contributed by atoms with van der Waals surface area (Å²) >= 11 is 0. The van der Waals surface area contributed by atoms with Crippen LogP contribution in [0.2, 0.25) is 0 Å². The highest BCUT2D eigenvalue weighted by molar-refractivity contribution is 5.76. The number of aliphatic hydroxyl groups excluding tert-OH is 1. The van der Waals surface area contributed by atoms with E-state index in [1.54, 1.807) is 0 Å². The molecule has 2 aromatic carbocycles. The van der Waals surface area contributed by atoms with Crippen molar-refractivity contribution in [1.29, 1.82) is 0 Å². The first-order valence-electron chi connectivity index (χ1n) is 6.94. The highest BCUT2D eigenvalue weighted by Gasteiger charge is 2.17. The molecular weight excluding hydrogens is 262 g/mol. The summed E-state index contributed by atoms with van der Waals surface area (Å²) in [6.45, 7) is 0. The molecule has 1 N–H and O–H groups in total. The second-order valence-electron chi connectivity index (χ2n) is 5.41. The van der Waals surface area contributed by atoms with Gasteiger partial charge in [-0.2, -0.15) is 0 Å². The molecule has 0 saturated carbocycles. The van der Waals surface area contributed by atoms with Crippen molar-refractivity contribution in [1.82, 2.24) is 9.55 Å². The predicted octanol–water partition coefficient (Wildman–Crippen LogP) is 2.72. The third kappa shape index (κ3) is 2.38. The van der Waals surface area contributed by atoms with Gasteiger partial charge < -0.3 is 14.6 Å². The smallest absolute Gasteiger partial charge is 0.143 e. The van der Waals surface area contributed by atoms with Gasteiger partial charge in [-0.1, -0.05) is 24.3 Å². The van der Waals surface area contributed by atoms with Crippen LogP contribution in [0.25, 0.3) is 11.0 Å². The van der Waals surface area contributed by atoms with Crippen LogP contribution in [-0.2, 0) is 7.05 Å². The summed E-state index contributed by atoms with van der Waals surface area (Å²) in [6.07, 6.45) is -0.724. The summed E-state index contributed by atoms with van der Waals surface area (Å²) < 4.78 is 1.94. The van der Waals surface area contributed by atoms with Crippen molar-refractivity contribution in [2.75, 3.05) is 19.0 Å². The molecule has 0 spiro atoms. The molecule has 0 aliphatic carbocycles. The molecule has 1 heterocycles. The maximum absolute atomic E-state index is 10.6. The molecule has 21 heavy (non-hydrogen) atoms. The molecule has 3 aromatic rings. The van der Waals surface area contributed by atoms with Gasteiger partial charge in [0.25, 0.3) is 0 Å². The molecule has 0 aliphatic rings. The Bertz CT molecular complexity index is 759. The molecule has 0 amide bonds. The number of benzene rings is 2. The molecule has 4 nitrogen and oxygen atoms in total. The molecule has 0 fully saturated rings. The van der Waals surface area contributed by atoms with Gasteiger partial charge in [-0.05, 0) is 29.8 Å². The van der Waals surface area contributed by atoms with E-state index in [-0.39, 0.29) is 0 Å². The zero-order chi connectivity index (χ0) is 15.0. The summed E-state index contributed by atoms with van der Waals surface area (Å²) in [6, 6.07) is 15.8. The van der Waals surface area contributed by atoms with Gasteiger partial charge in [-0.25, -0.2) is 4.98 Å². The molecule has 0 radical (unpaired) electrons. The predicted molar refractivity (Wildman–Crippen MR) is 85.5 cm³/mol. The van der Waals surface area contributed by atoms with Crippen LogP contribution in [0.1, 0.15) is 17.5 Å². The van der Waals surface area contributed by atoms with E-state index in [1.807, 2.05) is 79.1 Å².